The average Bonchev–Trinajstić information content (AvgIpc) is 3.29. The van der Waals surface area contributed by atoms with Crippen LogP contribution in [0, 0.1) is 0 Å². The predicted octanol–water partition coefficient (Wildman–Crippen LogP) is 4.25. The zero-order valence-electron chi connectivity index (χ0n) is 17.5. The van der Waals surface area contributed by atoms with Crippen LogP contribution in [-0.2, 0) is 0 Å². The van der Waals surface area contributed by atoms with E-state index >= 15 is 0 Å². The standard InChI is InChI=1S/C21H44N3/c1-7-13-22(14-8-2)19-20(23(15-9-3)16-10-4)21(19)24(17-11-5)18-12-6/h19-20H,7-18H2,1-6H3/q+1. The molecule has 2 atom stereocenters. The molecule has 3 heteroatoms. The highest BCUT2D eigenvalue weighted by Crippen LogP contribution is 2.32. The molecular formula is C21H44N3+. The van der Waals surface area contributed by atoms with E-state index < -0.39 is 0 Å². The van der Waals surface area contributed by atoms with Crippen molar-refractivity contribution in [1.29, 1.82) is 0 Å². The Morgan fingerprint density at radius 2 is 0.917 bits per heavy atom. The van der Waals surface area contributed by atoms with Crippen LogP contribution in [0.1, 0.15) is 80.1 Å². The van der Waals surface area contributed by atoms with Gasteiger partial charge in [0.2, 0.25) is 0 Å². The highest BCUT2D eigenvalue weighted by atomic mass is 15.3. The van der Waals surface area contributed by atoms with Crippen LogP contribution in [0.3, 0.4) is 0 Å². The minimum Gasteiger partial charge on any atom is -0.290 e. The molecule has 0 radical (unpaired) electrons. The number of hydrogen-bond acceptors (Lipinski definition) is 2. The third-order valence-corrected chi connectivity index (χ3v) is 4.98. The SMILES string of the molecule is CCCN(CCC)C1C(=[N+](CCC)CCC)C1N(CCC)CCC. The first-order valence-electron chi connectivity index (χ1n) is 10.8. The molecule has 1 aliphatic carbocycles. The maximum Gasteiger partial charge on any atom is 0.191 e. The monoisotopic (exact) mass is 338 g/mol. The summed E-state index contributed by atoms with van der Waals surface area (Å²) in [5.74, 6) is 0. The lowest BCUT2D eigenvalue weighted by molar-refractivity contribution is -0.527. The van der Waals surface area contributed by atoms with Gasteiger partial charge < -0.3 is 0 Å². The lowest BCUT2D eigenvalue weighted by Crippen LogP contribution is -2.36. The van der Waals surface area contributed by atoms with Crippen molar-refractivity contribution in [2.45, 2.75) is 92.2 Å². The fourth-order valence-electron chi connectivity index (χ4n) is 4.21. The first-order valence-corrected chi connectivity index (χ1v) is 10.8. The van der Waals surface area contributed by atoms with Gasteiger partial charge in [0.25, 0.3) is 0 Å². The highest BCUT2D eigenvalue weighted by molar-refractivity contribution is 6.08. The summed E-state index contributed by atoms with van der Waals surface area (Å²) in [6.07, 6.45) is 7.57. The molecule has 0 aromatic rings. The first kappa shape index (κ1) is 21.6. The Bertz CT molecular complexity index is 320. The van der Waals surface area contributed by atoms with Crippen LogP contribution >= 0.6 is 0 Å². The smallest absolute Gasteiger partial charge is 0.191 e. The second-order valence-corrected chi connectivity index (χ2v) is 7.37. The summed E-state index contributed by atoms with van der Waals surface area (Å²) in [6, 6.07) is 1.36. The van der Waals surface area contributed by atoms with Crippen molar-refractivity contribution in [3.05, 3.63) is 0 Å². The van der Waals surface area contributed by atoms with Gasteiger partial charge >= 0.3 is 0 Å². The summed E-state index contributed by atoms with van der Waals surface area (Å²) < 4.78 is 2.73. The molecule has 0 amide bonds. The minimum absolute atomic E-state index is 0.682. The Kier molecular flexibility index (Phi) is 10.8. The van der Waals surface area contributed by atoms with E-state index in [-0.39, 0.29) is 0 Å². The van der Waals surface area contributed by atoms with E-state index in [9.17, 15) is 0 Å². The summed E-state index contributed by atoms with van der Waals surface area (Å²) in [4.78, 5) is 5.55. The van der Waals surface area contributed by atoms with Crippen LogP contribution in [-0.4, -0.2) is 71.4 Å². The van der Waals surface area contributed by atoms with Gasteiger partial charge in [-0.2, -0.15) is 0 Å². The molecule has 2 unspecified atom stereocenters. The first-order chi connectivity index (χ1) is 11.7. The topological polar surface area (TPSA) is 9.49 Å². The maximum atomic E-state index is 2.77. The normalized spacial score (nSPS) is 20.2. The Labute approximate surface area is 152 Å². The molecule has 1 aliphatic rings. The van der Waals surface area contributed by atoms with E-state index in [0.717, 1.165) is 0 Å². The quantitative estimate of drug-likeness (QED) is 0.438. The average molecular weight is 339 g/mol. The van der Waals surface area contributed by atoms with Gasteiger partial charge in [0.05, 0.1) is 0 Å². The number of nitrogens with zero attached hydrogens (tertiary/aromatic N) is 3. The van der Waals surface area contributed by atoms with Crippen molar-refractivity contribution < 1.29 is 4.58 Å². The highest BCUT2D eigenvalue weighted by Gasteiger charge is 2.59. The Morgan fingerprint density at radius 1 is 0.583 bits per heavy atom. The Hall–Kier alpha value is -0.410. The van der Waals surface area contributed by atoms with E-state index in [1.807, 2.05) is 0 Å². The van der Waals surface area contributed by atoms with Crippen LogP contribution in [0.2, 0.25) is 0 Å². The molecular weight excluding hydrogens is 294 g/mol. The van der Waals surface area contributed by atoms with Crippen molar-refractivity contribution in [1.82, 2.24) is 9.80 Å². The summed E-state index contributed by atoms with van der Waals surface area (Å²) in [5, 5.41) is 0. The van der Waals surface area contributed by atoms with Crippen molar-refractivity contribution in [3.8, 4) is 0 Å². The molecule has 0 aromatic carbocycles. The largest absolute Gasteiger partial charge is 0.290 e. The van der Waals surface area contributed by atoms with Crippen LogP contribution in [0.15, 0.2) is 0 Å². The molecule has 0 N–H and O–H groups in total. The van der Waals surface area contributed by atoms with Crippen molar-refractivity contribution in [3.63, 3.8) is 0 Å². The van der Waals surface area contributed by atoms with Gasteiger partial charge in [0, 0.05) is 12.8 Å². The van der Waals surface area contributed by atoms with E-state index in [1.165, 1.54) is 77.8 Å². The van der Waals surface area contributed by atoms with Gasteiger partial charge in [-0.05, 0) is 51.9 Å². The zero-order chi connectivity index (χ0) is 17.9. The lowest BCUT2D eigenvalue weighted by Gasteiger charge is -2.23. The van der Waals surface area contributed by atoms with Gasteiger partial charge in [0.15, 0.2) is 5.71 Å². The molecule has 0 aliphatic heterocycles. The predicted molar refractivity (Wildman–Crippen MR) is 107 cm³/mol. The van der Waals surface area contributed by atoms with Crippen LogP contribution < -0.4 is 0 Å². The van der Waals surface area contributed by atoms with E-state index in [4.69, 9.17) is 0 Å². The van der Waals surface area contributed by atoms with E-state index in [1.54, 1.807) is 5.71 Å². The van der Waals surface area contributed by atoms with Crippen LogP contribution in [0.25, 0.3) is 0 Å². The second-order valence-electron chi connectivity index (χ2n) is 7.37. The minimum atomic E-state index is 0.682. The molecule has 0 aromatic heterocycles. The third kappa shape index (κ3) is 5.84. The molecule has 0 heterocycles. The molecule has 3 nitrogen and oxygen atoms in total. The summed E-state index contributed by atoms with van der Waals surface area (Å²) >= 11 is 0. The van der Waals surface area contributed by atoms with Crippen molar-refractivity contribution in [2.24, 2.45) is 0 Å². The van der Waals surface area contributed by atoms with Gasteiger partial charge in [0.1, 0.15) is 25.2 Å². The fourth-order valence-corrected chi connectivity index (χ4v) is 4.21. The second kappa shape index (κ2) is 12.0. The number of hydrogen-bond donors (Lipinski definition) is 0. The Balaban J connectivity index is 3.10. The maximum absolute atomic E-state index is 2.77. The molecule has 1 fully saturated rings. The van der Waals surface area contributed by atoms with Crippen molar-refractivity contribution in [2.75, 3.05) is 39.3 Å². The molecule has 0 saturated heterocycles. The molecule has 142 valence electrons. The summed E-state index contributed by atoms with van der Waals surface area (Å²) in [6.45, 7) is 21.4. The van der Waals surface area contributed by atoms with Gasteiger partial charge in [-0.1, -0.05) is 41.5 Å². The van der Waals surface area contributed by atoms with Crippen LogP contribution in [0.5, 0.6) is 0 Å². The molecule has 24 heavy (non-hydrogen) atoms. The molecule has 1 saturated carbocycles. The van der Waals surface area contributed by atoms with Gasteiger partial charge in [-0.15, -0.1) is 0 Å². The van der Waals surface area contributed by atoms with E-state index in [2.05, 4.69) is 55.9 Å². The lowest BCUT2D eigenvalue weighted by atomic mass is 10.3. The van der Waals surface area contributed by atoms with Crippen LogP contribution in [0.4, 0.5) is 0 Å². The van der Waals surface area contributed by atoms with Gasteiger partial charge in [-0.25, -0.2) is 4.58 Å². The zero-order valence-corrected chi connectivity index (χ0v) is 17.5. The number of rotatable bonds is 14. The molecule has 0 bridgehead atoms. The summed E-state index contributed by atoms with van der Waals surface area (Å²) in [5.41, 5.74) is 1.74. The molecule has 1 rings (SSSR count). The fraction of sp³-hybridized carbons (Fsp3) is 0.952. The summed E-state index contributed by atoms with van der Waals surface area (Å²) in [7, 11) is 0. The van der Waals surface area contributed by atoms with Crippen molar-refractivity contribution >= 4 is 5.71 Å². The Morgan fingerprint density at radius 3 is 1.17 bits per heavy atom. The molecule has 0 spiro atoms. The van der Waals surface area contributed by atoms with E-state index in [0.29, 0.717) is 12.1 Å². The van der Waals surface area contributed by atoms with Gasteiger partial charge in [-0.3, -0.25) is 9.80 Å². The third-order valence-electron chi connectivity index (χ3n) is 4.98.